The van der Waals surface area contributed by atoms with Crippen LogP contribution in [0.5, 0.6) is 0 Å². The van der Waals surface area contributed by atoms with Gasteiger partial charge in [0.05, 0.1) is 11.2 Å². The summed E-state index contributed by atoms with van der Waals surface area (Å²) in [6, 6.07) is 8.03. The van der Waals surface area contributed by atoms with Gasteiger partial charge in [0.2, 0.25) is 10.0 Å². The van der Waals surface area contributed by atoms with E-state index in [0.717, 1.165) is 12.1 Å². The molecule has 9 nitrogen and oxygen atoms in total. The van der Waals surface area contributed by atoms with E-state index < -0.39 is 34.3 Å². The van der Waals surface area contributed by atoms with E-state index in [1.54, 1.807) is 19.1 Å². The molecule has 1 aliphatic heterocycles. The van der Waals surface area contributed by atoms with E-state index in [9.17, 15) is 22.4 Å². The third-order valence-electron chi connectivity index (χ3n) is 5.09. The Morgan fingerprint density at radius 3 is 2.48 bits per heavy atom. The Morgan fingerprint density at radius 1 is 1.15 bits per heavy atom. The summed E-state index contributed by atoms with van der Waals surface area (Å²) in [5.74, 6) is -1.13. The first-order valence-corrected chi connectivity index (χ1v) is 12.2. The van der Waals surface area contributed by atoms with Crippen molar-refractivity contribution in [3.05, 3.63) is 59.0 Å². The van der Waals surface area contributed by atoms with Gasteiger partial charge in [0.1, 0.15) is 5.82 Å². The predicted molar refractivity (Wildman–Crippen MR) is 117 cm³/mol. The average molecular weight is 494 g/mol. The van der Waals surface area contributed by atoms with Crippen molar-refractivity contribution < 1.29 is 31.6 Å². The molecule has 174 valence electrons. The van der Waals surface area contributed by atoms with Gasteiger partial charge in [-0.2, -0.15) is 4.31 Å². The fourth-order valence-electron chi connectivity index (χ4n) is 3.31. The van der Waals surface area contributed by atoms with Crippen LogP contribution < -0.4 is 0 Å². The molecule has 4 rings (SSSR count). The zero-order chi connectivity index (χ0) is 23.6. The van der Waals surface area contributed by atoms with Crippen molar-refractivity contribution in [1.29, 1.82) is 0 Å². The number of hydrogen-bond acceptors (Lipinski definition) is 8. The zero-order valence-corrected chi connectivity index (χ0v) is 19.2. The van der Waals surface area contributed by atoms with Crippen molar-refractivity contribution in [3.63, 3.8) is 0 Å². The highest BCUT2D eigenvalue weighted by atomic mass is 32.2. The topological polar surface area (TPSA) is 110 Å². The molecule has 0 N–H and O–H groups in total. The number of aryl methyl sites for hydroxylation is 1. The van der Waals surface area contributed by atoms with Crippen molar-refractivity contribution in [3.8, 4) is 10.8 Å². The lowest BCUT2D eigenvalue weighted by Gasteiger charge is -2.33. The molecular formula is C21H20FN3O6S2. The van der Waals surface area contributed by atoms with Gasteiger partial charge < -0.3 is 14.1 Å². The van der Waals surface area contributed by atoms with Crippen LogP contribution in [0.1, 0.15) is 15.4 Å². The first-order valence-electron chi connectivity index (χ1n) is 9.97. The lowest BCUT2D eigenvalue weighted by atomic mass is 10.3. The van der Waals surface area contributed by atoms with Crippen LogP contribution in [0, 0.1) is 12.7 Å². The summed E-state index contributed by atoms with van der Waals surface area (Å²) in [7, 11) is -3.78. The number of piperazine rings is 1. The standard InChI is InChI=1S/C21H20FN3O6S2/c1-14-19(23-20(32-14)17-3-2-12-30-17)21(27)31-13-18(26)24-8-10-25(11-9-24)33(28,29)16-6-4-15(22)5-7-16/h2-7,12H,8-11,13H2,1H3. The molecule has 2 aromatic heterocycles. The number of carbonyl (C=O) groups excluding carboxylic acids is 2. The van der Waals surface area contributed by atoms with Crippen LogP contribution in [0.25, 0.3) is 10.8 Å². The third kappa shape index (κ3) is 4.97. The van der Waals surface area contributed by atoms with E-state index in [2.05, 4.69) is 4.98 Å². The fourth-order valence-corrected chi connectivity index (χ4v) is 5.60. The number of ether oxygens (including phenoxy) is 1. The van der Waals surface area contributed by atoms with Crippen LogP contribution in [-0.4, -0.2) is 67.3 Å². The fraction of sp³-hybridized carbons (Fsp3) is 0.286. The van der Waals surface area contributed by atoms with E-state index in [1.165, 1.54) is 38.9 Å². The highest BCUT2D eigenvalue weighted by Crippen LogP contribution is 2.28. The Kier molecular flexibility index (Phi) is 6.58. The second-order valence-electron chi connectivity index (χ2n) is 7.22. The van der Waals surface area contributed by atoms with Crippen molar-refractivity contribution in [2.24, 2.45) is 0 Å². The number of nitrogens with zero attached hydrogens (tertiary/aromatic N) is 3. The predicted octanol–water partition coefficient (Wildman–Crippen LogP) is 2.54. The van der Waals surface area contributed by atoms with Crippen LogP contribution in [0.15, 0.2) is 52.0 Å². The maximum Gasteiger partial charge on any atom is 0.358 e. The molecule has 0 radical (unpaired) electrons. The summed E-state index contributed by atoms with van der Waals surface area (Å²) in [5, 5.41) is 0.536. The number of sulfonamides is 1. The molecule has 0 atom stereocenters. The molecule has 0 spiro atoms. The molecule has 0 saturated carbocycles. The van der Waals surface area contributed by atoms with Crippen LogP contribution >= 0.6 is 11.3 Å². The van der Waals surface area contributed by atoms with Crippen molar-refractivity contribution in [1.82, 2.24) is 14.2 Å². The first-order chi connectivity index (χ1) is 15.8. The number of rotatable bonds is 6. The molecule has 1 fully saturated rings. The summed E-state index contributed by atoms with van der Waals surface area (Å²) in [4.78, 5) is 31.2. The molecule has 0 bridgehead atoms. The minimum atomic E-state index is -3.78. The third-order valence-corrected chi connectivity index (χ3v) is 7.99. The number of furan rings is 1. The van der Waals surface area contributed by atoms with Gasteiger partial charge in [-0.25, -0.2) is 22.6 Å². The molecule has 3 aromatic rings. The number of amides is 1. The molecule has 0 unspecified atom stereocenters. The van der Waals surface area contributed by atoms with Gasteiger partial charge in [-0.3, -0.25) is 4.79 Å². The van der Waals surface area contributed by atoms with Crippen molar-refractivity contribution >= 4 is 33.2 Å². The maximum atomic E-state index is 13.1. The summed E-state index contributed by atoms with van der Waals surface area (Å²) >= 11 is 1.28. The molecule has 3 heterocycles. The zero-order valence-electron chi connectivity index (χ0n) is 17.6. The smallest absolute Gasteiger partial charge is 0.358 e. The van der Waals surface area contributed by atoms with Gasteiger partial charge in [0, 0.05) is 31.1 Å². The van der Waals surface area contributed by atoms with Gasteiger partial charge in [0.25, 0.3) is 5.91 Å². The quantitative estimate of drug-likeness (QED) is 0.485. The van der Waals surface area contributed by atoms with Gasteiger partial charge in [-0.1, -0.05) is 0 Å². The molecule has 0 aliphatic carbocycles. The average Bonchev–Trinajstić information content (AvgIpc) is 3.47. The molecule has 1 saturated heterocycles. The summed E-state index contributed by atoms with van der Waals surface area (Å²) in [6.45, 7) is 1.71. The number of benzene rings is 1. The van der Waals surface area contributed by atoms with Crippen LogP contribution in [0.2, 0.25) is 0 Å². The minimum Gasteiger partial charge on any atom is -0.462 e. The molecule has 1 aliphatic rings. The molecular weight excluding hydrogens is 473 g/mol. The van der Waals surface area contributed by atoms with Crippen molar-refractivity contribution in [2.45, 2.75) is 11.8 Å². The molecule has 12 heteroatoms. The Balaban J connectivity index is 1.31. The Hall–Kier alpha value is -3.09. The number of esters is 1. The summed E-state index contributed by atoms with van der Waals surface area (Å²) in [6.07, 6.45) is 1.51. The van der Waals surface area contributed by atoms with Crippen LogP contribution in [-0.2, 0) is 19.6 Å². The first kappa shape index (κ1) is 23.1. The lowest BCUT2D eigenvalue weighted by Crippen LogP contribution is -2.51. The minimum absolute atomic E-state index is 0.00911. The van der Waals surface area contributed by atoms with Gasteiger partial charge in [-0.05, 0) is 43.3 Å². The Labute approximate surface area is 193 Å². The summed E-state index contributed by atoms with van der Waals surface area (Å²) < 4.78 is 50.1. The molecule has 1 aromatic carbocycles. The van der Waals surface area contributed by atoms with E-state index in [1.807, 2.05) is 0 Å². The normalized spacial score (nSPS) is 14.9. The van der Waals surface area contributed by atoms with Crippen LogP contribution in [0.4, 0.5) is 4.39 Å². The maximum absolute atomic E-state index is 13.1. The number of thiazole rings is 1. The molecule has 1 amide bonds. The van der Waals surface area contributed by atoms with E-state index in [4.69, 9.17) is 9.15 Å². The van der Waals surface area contributed by atoms with Crippen molar-refractivity contribution in [2.75, 3.05) is 32.8 Å². The van der Waals surface area contributed by atoms with Gasteiger partial charge >= 0.3 is 5.97 Å². The Bertz CT molecular complexity index is 1250. The van der Waals surface area contributed by atoms with Crippen LogP contribution in [0.3, 0.4) is 0 Å². The monoisotopic (exact) mass is 493 g/mol. The highest BCUT2D eigenvalue weighted by molar-refractivity contribution is 7.89. The number of hydrogen-bond donors (Lipinski definition) is 0. The lowest BCUT2D eigenvalue weighted by molar-refractivity contribution is -0.135. The number of carbonyl (C=O) groups is 2. The summed E-state index contributed by atoms with van der Waals surface area (Å²) in [5.41, 5.74) is 0.120. The second-order valence-corrected chi connectivity index (χ2v) is 10.4. The Morgan fingerprint density at radius 2 is 1.85 bits per heavy atom. The largest absolute Gasteiger partial charge is 0.462 e. The van der Waals surface area contributed by atoms with E-state index in [-0.39, 0.29) is 36.8 Å². The van der Waals surface area contributed by atoms with E-state index >= 15 is 0 Å². The second kappa shape index (κ2) is 9.41. The molecule has 33 heavy (non-hydrogen) atoms. The van der Waals surface area contributed by atoms with Gasteiger partial charge in [0.15, 0.2) is 23.1 Å². The van der Waals surface area contributed by atoms with Gasteiger partial charge in [-0.15, -0.1) is 11.3 Å². The highest BCUT2D eigenvalue weighted by Gasteiger charge is 2.30. The number of halogens is 1. The van der Waals surface area contributed by atoms with E-state index in [0.29, 0.717) is 15.6 Å². The SMILES string of the molecule is Cc1sc(-c2ccco2)nc1C(=O)OCC(=O)N1CCN(S(=O)(=O)c2ccc(F)cc2)CC1. The number of aromatic nitrogens is 1.